The Kier molecular flexibility index (Phi) is 6.95. The molecule has 0 bridgehead atoms. The normalized spacial score (nSPS) is 12.0. The van der Waals surface area contributed by atoms with Crippen molar-refractivity contribution in [2.75, 3.05) is 13.7 Å². The average Bonchev–Trinajstić information content (AvgIpc) is 2.49. The zero-order valence-electron chi connectivity index (χ0n) is 13.0. The third-order valence-corrected chi connectivity index (χ3v) is 2.98. The second-order valence-electron chi connectivity index (χ2n) is 4.68. The highest BCUT2D eigenvalue weighted by molar-refractivity contribution is 5.84. The third-order valence-electron chi connectivity index (χ3n) is 2.98. The van der Waals surface area contributed by atoms with Gasteiger partial charge in [-0.1, -0.05) is 12.2 Å². The number of aliphatic carboxylic acids is 1. The number of carboxylic acids is 1. The molecular weight excluding hydrogens is 286 g/mol. The molecule has 6 nitrogen and oxygen atoms in total. The van der Waals surface area contributed by atoms with Crippen LogP contribution in [0, 0.1) is 6.92 Å². The van der Waals surface area contributed by atoms with Crippen molar-refractivity contribution in [3.63, 3.8) is 0 Å². The van der Waals surface area contributed by atoms with E-state index in [4.69, 9.17) is 14.6 Å². The fraction of sp³-hybridized carbons (Fsp3) is 0.375. The minimum absolute atomic E-state index is 0.235. The predicted octanol–water partition coefficient (Wildman–Crippen LogP) is 1.92. The topological polar surface area (TPSA) is 84.9 Å². The summed E-state index contributed by atoms with van der Waals surface area (Å²) in [6, 6.07) is 4.23. The van der Waals surface area contributed by atoms with Gasteiger partial charge in [-0.3, -0.25) is 4.79 Å². The lowest BCUT2D eigenvalue weighted by Gasteiger charge is -2.13. The average molecular weight is 307 g/mol. The van der Waals surface area contributed by atoms with Crippen LogP contribution >= 0.6 is 0 Å². The highest BCUT2D eigenvalue weighted by Crippen LogP contribution is 2.22. The van der Waals surface area contributed by atoms with Crippen LogP contribution < -0.4 is 14.8 Å². The summed E-state index contributed by atoms with van der Waals surface area (Å²) in [6.45, 7) is 3.41. The quantitative estimate of drug-likeness (QED) is 0.717. The van der Waals surface area contributed by atoms with Gasteiger partial charge in [-0.2, -0.15) is 0 Å². The number of allylic oxidation sites excluding steroid dienone is 1. The molecule has 1 aromatic carbocycles. The first-order valence-electron chi connectivity index (χ1n) is 6.88. The first kappa shape index (κ1) is 17.6. The smallest absolute Gasteiger partial charge is 0.326 e. The largest absolute Gasteiger partial charge is 0.496 e. The summed E-state index contributed by atoms with van der Waals surface area (Å²) in [5.41, 5.74) is 0.886. The zero-order chi connectivity index (χ0) is 16.5. The Morgan fingerprint density at radius 3 is 2.68 bits per heavy atom. The van der Waals surface area contributed by atoms with Crippen LogP contribution in [0.1, 0.15) is 18.9 Å². The van der Waals surface area contributed by atoms with E-state index < -0.39 is 17.9 Å². The standard InChI is InChI=1S/C16H21NO5/c1-4-5-6-13(16(19)20)17-15(18)10-22-12-7-8-14(21-3)11(2)9-12/h4-5,7-9,13H,6,10H2,1-3H3,(H,17,18)(H,19,20)/b5-4+. The van der Waals surface area contributed by atoms with Gasteiger partial charge >= 0.3 is 5.97 Å². The minimum Gasteiger partial charge on any atom is -0.496 e. The van der Waals surface area contributed by atoms with Gasteiger partial charge < -0.3 is 19.9 Å². The van der Waals surface area contributed by atoms with Crippen LogP contribution in [-0.4, -0.2) is 36.7 Å². The van der Waals surface area contributed by atoms with Crippen LogP contribution in [0.5, 0.6) is 11.5 Å². The summed E-state index contributed by atoms with van der Waals surface area (Å²) >= 11 is 0. The Bertz CT molecular complexity index is 553. The number of hydrogen-bond donors (Lipinski definition) is 2. The molecule has 2 N–H and O–H groups in total. The van der Waals surface area contributed by atoms with E-state index in [0.29, 0.717) is 5.75 Å². The summed E-state index contributed by atoms with van der Waals surface area (Å²) in [7, 11) is 1.58. The maximum Gasteiger partial charge on any atom is 0.326 e. The summed E-state index contributed by atoms with van der Waals surface area (Å²) < 4.78 is 10.5. The molecule has 0 aliphatic carbocycles. The first-order valence-corrected chi connectivity index (χ1v) is 6.88. The number of hydrogen-bond acceptors (Lipinski definition) is 4. The number of ether oxygens (including phenoxy) is 2. The maximum absolute atomic E-state index is 11.8. The second kappa shape index (κ2) is 8.71. The van der Waals surface area contributed by atoms with Gasteiger partial charge in [-0.05, 0) is 44.0 Å². The Hall–Kier alpha value is -2.50. The number of carboxylic acid groups (broad SMARTS) is 1. The number of carbonyl (C=O) groups is 2. The van der Waals surface area contributed by atoms with Crippen molar-refractivity contribution >= 4 is 11.9 Å². The Balaban J connectivity index is 2.54. The number of rotatable bonds is 8. The van der Waals surface area contributed by atoms with E-state index in [1.165, 1.54) is 0 Å². The summed E-state index contributed by atoms with van der Waals surface area (Å²) in [5, 5.41) is 11.4. The predicted molar refractivity (Wildman–Crippen MR) is 82.2 cm³/mol. The molecule has 0 aromatic heterocycles. The summed E-state index contributed by atoms with van der Waals surface area (Å²) in [6.07, 6.45) is 3.66. The Morgan fingerprint density at radius 2 is 2.14 bits per heavy atom. The Morgan fingerprint density at radius 1 is 1.41 bits per heavy atom. The van der Waals surface area contributed by atoms with Crippen LogP contribution in [0.3, 0.4) is 0 Å². The highest BCUT2D eigenvalue weighted by atomic mass is 16.5. The van der Waals surface area contributed by atoms with Crippen LogP contribution in [0.15, 0.2) is 30.4 Å². The van der Waals surface area contributed by atoms with Gasteiger partial charge in [0.25, 0.3) is 5.91 Å². The van der Waals surface area contributed by atoms with Crippen LogP contribution in [0.25, 0.3) is 0 Å². The Labute approximate surface area is 129 Å². The lowest BCUT2D eigenvalue weighted by atomic mass is 10.2. The SMILES string of the molecule is C/C=C/CC(NC(=O)COc1ccc(OC)c(C)c1)C(=O)O. The van der Waals surface area contributed by atoms with Crippen LogP contribution in [0.2, 0.25) is 0 Å². The second-order valence-corrected chi connectivity index (χ2v) is 4.68. The van der Waals surface area contributed by atoms with Gasteiger partial charge in [0.1, 0.15) is 17.5 Å². The summed E-state index contributed by atoms with van der Waals surface area (Å²) in [4.78, 5) is 22.8. The number of benzene rings is 1. The number of amides is 1. The minimum atomic E-state index is -1.08. The van der Waals surface area contributed by atoms with Gasteiger partial charge in [0.2, 0.25) is 0 Å². The molecule has 0 saturated heterocycles. The maximum atomic E-state index is 11.8. The molecule has 1 atom stereocenters. The van der Waals surface area contributed by atoms with Crippen molar-refractivity contribution in [1.29, 1.82) is 0 Å². The van der Waals surface area contributed by atoms with Crippen molar-refractivity contribution in [2.45, 2.75) is 26.3 Å². The monoisotopic (exact) mass is 307 g/mol. The number of methoxy groups -OCH3 is 1. The van der Waals surface area contributed by atoms with E-state index in [1.807, 2.05) is 6.92 Å². The van der Waals surface area contributed by atoms with Crippen molar-refractivity contribution in [2.24, 2.45) is 0 Å². The van der Waals surface area contributed by atoms with Gasteiger partial charge in [0.15, 0.2) is 6.61 Å². The van der Waals surface area contributed by atoms with Gasteiger partial charge in [0, 0.05) is 0 Å². The lowest BCUT2D eigenvalue weighted by molar-refractivity contribution is -0.142. The van der Waals surface area contributed by atoms with Crippen molar-refractivity contribution in [3.05, 3.63) is 35.9 Å². The molecule has 0 saturated carbocycles. The fourth-order valence-corrected chi connectivity index (χ4v) is 1.82. The van der Waals surface area contributed by atoms with E-state index >= 15 is 0 Å². The van der Waals surface area contributed by atoms with E-state index in [-0.39, 0.29) is 13.0 Å². The molecule has 0 heterocycles. The zero-order valence-corrected chi connectivity index (χ0v) is 13.0. The van der Waals surface area contributed by atoms with Crippen molar-refractivity contribution < 1.29 is 24.2 Å². The molecule has 0 aliphatic rings. The molecule has 0 spiro atoms. The number of carbonyl (C=O) groups excluding carboxylic acids is 1. The number of aryl methyl sites for hydroxylation is 1. The third kappa shape index (κ3) is 5.47. The molecule has 1 aromatic rings. The molecule has 0 radical (unpaired) electrons. The van der Waals surface area contributed by atoms with E-state index in [2.05, 4.69) is 5.32 Å². The molecule has 1 unspecified atom stereocenters. The fourth-order valence-electron chi connectivity index (χ4n) is 1.82. The molecule has 0 fully saturated rings. The van der Waals surface area contributed by atoms with Crippen molar-refractivity contribution in [1.82, 2.24) is 5.32 Å². The molecule has 1 rings (SSSR count). The molecule has 120 valence electrons. The van der Waals surface area contributed by atoms with Gasteiger partial charge in [0.05, 0.1) is 7.11 Å². The molecule has 22 heavy (non-hydrogen) atoms. The van der Waals surface area contributed by atoms with Crippen LogP contribution in [0.4, 0.5) is 0 Å². The highest BCUT2D eigenvalue weighted by Gasteiger charge is 2.18. The lowest BCUT2D eigenvalue weighted by Crippen LogP contribution is -2.42. The van der Waals surface area contributed by atoms with E-state index in [0.717, 1.165) is 11.3 Å². The van der Waals surface area contributed by atoms with Crippen LogP contribution in [-0.2, 0) is 9.59 Å². The molecule has 6 heteroatoms. The van der Waals surface area contributed by atoms with E-state index in [1.54, 1.807) is 44.4 Å². The van der Waals surface area contributed by atoms with Gasteiger partial charge in [-0.25, -0.2) is 4.79 Å². The van der Waals surface area contributed by atoms with Crippen molar-refractivity contribution in [3.8, 4) is 11.5 Å². The molecule has 0 aliphatic heterocycles. The first-order chi connectivity index (χ1) is 10.5. The van der Waals surface area contributed by atoms with Gasteiger partial charge in [-0.15, -0.1) is 0 Å². The summed E-state index contributed by atoms with van der Waals surface area (Å²) in [5.74, 6) is -0.306. The molecule has 1 amide bonds. The van der Waals surface area contributed by atoms with E-state index in [9.17, 15) is 9.59 Å². The molecular formula is C16H21NO5. The number of nitrogens with one attached hydrogen (secondary N) is 1.